The molecule has 0 saturated heterocycles. The summed E-state index contributed by atoms with van der Waals surface area (Å²) in [5.41, 5.74) is 6.01. The number of halogens is 3. The molecule has 1 aromatic carbocycles. The summed E-state index contributed by atoms with van der Waals surface area (Å²) in [6.07, 6.45) is -4.37. The molecule has 0 unspecified atom stereocenters. The summed E-state index contributed by atoms with van der Waals surface area (Å²) in [7, 11) is 1.99. The molecule has 2 N–H and O–H groups in total. The van der Waals surface area contributed by atoms with Crippen LogP contribution in [0.5, 0.6) is 0 Å². The van der Waals surface area contributed by atoms with Crippen molar-refractivity contribution in [2.75, 3.05) is 19.3 Å². The Labute approximate surface area is 121 Å². The van der Waals surface area contributed by atoms with Gasteiger partial charge in [-0.2, -0.15) is 13.2 Å². The van der Waals surface area contributed by atoms with Crippen molar-refractivity contribution in [1.29, 1.82) is 0 Å². The number of anilines is 1. The Morgan fingerprint density at radius 1 is 1.33 bits per heavy atom. The molecule has 2 rings (SSSR count). The molecule has 116 valence electrons. The molecule has 0 bridgehead atoms. The van der Waals surface area contributed by atoms with Gasteiger partial charge in [-0.05, 0) is 39.1 Å². The Kier molecular flexibility index (Phi) is 4.13. The zero-order valence-corrected chi connectivity index (χ0v) is 12.3. The molecule has 7 heteroatoms. The Balaban J connectivity index is 2.31. The molecular formula is C14H19F3N4. The fourth-order valence-corrected chi connectivity index (χ4v) is 2.08. The van der Waals surface area contributed by atoms with E-state index in [0.717, 1.165) is 18.7 Å². The van der Waals surface area contributed by atoms with Gasteiger partial charge in [-0.25, -0.2) is 4.98 Å². The van der Waals surface area contributed by atoms with E-state index in [9.17, 15) is 13.2 Å². The highest BCUT2D eigenvalue weighted by atomic mass is 19.4. The third kappa shape index (κ3) is 3.29. The number of alkyl halides is 3. The molecule has 0 aliphatic carbocycles. The minimum atomic E-state index is -4.37. The fraction of sp³-hybridized carbons (Fsp3) is 0.500. The molecule has 2 aromatic rings. The van der Waals surface area contributed by atoms with Gasteiger partial charge in [0, 0.05) is 19.1 Å². The summed E-state index contributed by atoms with van der Waals surface area (Å²) in [5.74, 6) is 0.237. The molecule has 0 aliphatic heterocycles. The number of likely N-dealkylation sites (N-methyl/N-ethyl adjacent to an activating group) is 1. The van der Waals surface area contributed by atoms with Crippen molar-refractivity contribution in [3.63, 3.8) is 0 Å². The average molecular weight is 300 g/mol. The molecule has 0 amide bonds. The number of nitrogens with two attached hydrogens (primary N) is 1. The molecule has 21 heavy (non-hydrogen) atoms. The van der Waals surface area contributed by atoms with E-state index in [0.29, 0.717) is 18.1 Å². The van der Waals surface area contributed by atoms with Crippen LogP contribution in [0.15, 0.2) is 18.2 Å². The summed E-state index contributed by atoms with van der Waals surface area (Å²) in [4.78, 5) is 6.17. The van der Waals surface area contributed by atoms with Gasteiger partial charge in [0.2, 0.25) is 5.95 Å². The van der Waals surface area contributed by atoms with E-state index in [1.807, 2.05) is 7.05 Å². The van der Waals surface area contributed by atoms with Gasteiger partial charge in [0.25, 0.3) is 0 Å². The van der Waals surface area contributed by atoms with Crippen molar-refractivity contribution in [2.45, 2.75) is 32.6 Å². The average Bonchev–Trinajstić information content (AvgIpc) is 2.69. The van der Waals surface area contributed by atoms with Crippen molar-refractivity contribution in [1.82, 2.24) is 14.5 Å². The van der Waals surface area contributed by atoms with Crippen molar-refractivity contribution in [3.05, 3.63) is 23.8 Å². The lowest BCUT2D eigenvalue weighted by Gasteiger charge is -2.21. The predicted octanol–water partition coefficient (Wildman–Crippen LogP) is 2.98. The number of hydrogen-bond donors (Lipinski definition) is 1. The van der Waals surface area contributed by atoms with Gasteiger partial charge in [-0.3, -0.25) is 0 Å². The number of hydrogen-bond acceptors (Lipinski definition) is 3. The van der Waals surface area contributed by atoms with E-state index in [1.165, 1.54) is 6.07 Å². The monoisotopic (exact) mass is 300 g/mol. The first-order valence-corrected chi connectivity index (χ1v) is 6.73. The zero-order valence-electron chi connectivity index (χ0n) is 12.3. The van der Waals surface area contributed by atoms with E-state index in [2.05, 4.69) is 23.7 Å². The lowest BCUT2D eigenvalue weighted by molar-refractivity contribution is -0.137. The number of imidazole rings is 1. The molecule has 0 radical (unpaired) electrons. The molecule has 0 spiro atoms. The minimum Gasteiger partial charge on any atom is -0.369 e. The van der Waals surface area contributed by atoms with Gasteiger partial charge in [0.05, 0.1) is 16.6 Å². The summed E-state index contributed by atoms with van der Waals surface area (Å²) < 4.78 is 39.8. The second kappa shape index (κ2) is 5.55. The SMILES string of the molecule is CC(C)N(C)CCn1c(N)nc2cc(C(F)(F)F)ccc21. The van der Waals surface area contributed by atoms with Gasteiger partial charge in [0.1, 0.15) is 0 Å². The Morgan fingerprint density at radius 2 is 2.00 bits per heavy atom. The van der Waals surface area contributed by atoms with Gasteiger partial charge in [0.15, 0.2) is 0 Å². The van der Waals surface area contributed by atoms with Crippen LogP contribution in [0.3, 0.4) is 0 Å². The maximum atomic E-state index is 12.7. The Morgan fingerprint density at radius 3 is 2.57 bits per heavy atom. The third-order valence-corrected chi connectivity index (χ3v) is 3.66. The molecule has 0 saturated carbocycles. The maximum absolute atomic E-state index is 12.7. The molecule has 1 heterocycles. The van der Waals surface area contributed by atoms with Crippen LogP contribution in [0.1, 0.15) is 19.4 Å². The predicted molar refractivity (Wildman–Crippen MR) is 76.9 cm³/mol. The van der Waals surface area contributed by atoms with Gasteiger partial charge < -0.3 is 15.2 Å². The highest BCUT2D eigenvalue weighted by Crippen LogP contribution is 2.31. The standard InChI is InChI=1S/C14H19F3N4/c1-9(2)20(3)6-7-21-12-5-4-10(14(15,16)17)8-11(12)19-13(21)18/h4-5,8-9H,6-7H2,1-3H3,(H2,18,19). The number of nitrogen functional groups attached to an aromatic ring is 1. The van der Waals surface area contributed by atoms with Crippen molar-refractivity contribution < 1.29 is 13.2 Å². The highest BCUT2D eigenvalue weighted by Gasteiger charge is 2.31. The van der Waals surface area contributed by atoms with Crippen LogP contribution < -0.4 is 5.73 Å². The first-order valence-electron chi connectivity index (χ1n) is 6.73. The number of fused-ring (bicyclic) bond motifs is 1. The lowest BCUT2D eigenvalue weighted by atomic mass is 10.2. The molecule has 4 nitrogen and oxygen atoms in total. The summed E-state index contributed by atoms with van der Waals surface area (Å²) >= 11 is 0. The van der Waals surface area contributed by atoms with Crippen LogP contribution >= 0.6 is 0 Å². The largest absolute Gasteiger partial charge is 0.416 e. The first-order chi connectivity index (χ1) is 9.70. The van der Waals surface area contributed by atoms with Crippen LogP contribution in [0, 0.1) is 0 Å². The van der Waals surface area contributed by atoms with Gasteiger partial charge >= 0.3 is 6.18 Å². The minimum absolute atomic E-state index is 0.237. The molecule has 0 aliphatic rings. The maximum Gasteiger partial charge on any atom is 0.416 e. The van der Waals surface area contributed by atoms with E-state index in [4.69, 9.17) is 5.73 Å². The number of benzene rings is 1. The second-order valence-corrected chi connectivity index (χ2v) is 5.40. The molecule has 0 atom stereocenters. The van der Waals surface area contributed by atoms with Crippen LogP contribution in [-0.2, 0) is 12.7 Å². The van der Waals surface area contributed by atoms with Crippen molar-refractivity contribution in [2.24, 2.45) is 0 Å². The van der Waals surface area contributed by atoms with Crippen LogP contribution in [0.4, 0.5) is 19.1 Å². The third-order valence-electron chi connectivity index (χ3n) is 3.66. The molecule has 0 fully saturated rings. The first kappa shape index (κ1) is 15.6. The van der Waals surface area contributed by atoms with Crippen LogP contribution in [0.25, 0.3) is 11.0 Å². The lowest BCUT2D eigenvalue weighted by Crippen LogP contribution is -2.29. The van der Waals surface area contributed by atoms with E-state index in [-0.39, 0.29) is 11.5 Å². The van der Waals surface area contributed by atoms with E-state index in [1.54, 1.807) is 4.57 Å². The summed E-state index contributed by atoms with van der Waals surface area (Å²) in [5, 5.41) is 0. The second-order valence-electron chi connectivity index (χ2n) is 5.40. The number of nitrogens with zero attached hydrogens (tertiary/aromatic N) is 3. The van der Waals surface area contributed by atoms with E-state index >= 15 is 0 Å². The Bertz CT molecular complexity index is 631. The van der Waals surface area contributed by atoms with Gasteiger partial charge in [-0.1, -0.05) is 0 Å². The van der Waals surface area contributed by atoms with Gasteiger partial charge in [-0.15, -0.1) is 0 Å². The number of aromatic nitrogens is 2. The van der Waals surface area contributed by atoms with Crippen molar-refractivity contribution >= 4 is 17.0 Å². The van der Waals surface area contributed by atoms with Crippen LogP contribution in [-0.4, -0.2) is 34.1 Å². The fourth-order valence-electron chi connectivity index (χ4n) is 2.08. The number of rotatable bonds is 4. The van der Waals surface area contributed by atoms with Crippen molar-refractivity contribution in [3.8, 4) is 0 Å². The quantitative estimate of drug-likeness (QED) is 0.944. The smallest absolute Gasteiger partial charge is 0.369 e. The van der Waals surface area contributed by atoms with E-state index < -0.39 is 11.7 Å². The summed E-state index contributed by atoms with van der Waals surface area (Å²) in [6, 6.07) is 3.91. The van der Waals surface area contributed by atoms with Crippen LogP contribution in [0.2, 0.25) is 0 Å². The zero-order chi connectivity index (χ0) is 15.8. The molecular weight excluding hydrogens is 281 g/mol. The Hall–Kier alpha value is -1.76. The summed E-state index contributed by atoms with van der Waals surface area (Å²) in [6.45, 7) is 5.48. The highest BCUT2D eigenvalue weighted by molar-refractivity contribution is 5.79. The molecule has 1 aromatic heterocycles. The topological polar surface area (TPSA) is 47.1 Å². The normalized spacial score (nSPS) is 12.8.